The highest BCUT2D eigenvalue weighted by molar-refractivity contribution is 7.12. The molecule has 4 aromatic rings. The molecule has 0 aliphatic carbocycles. The number of hydrogen-bond acceptors (Lipinski definition) is 4. The highest BCUT2D eigenvalue weighted by atomic mass is 35.5. The van der Waals surface area contributed by atoms with Crippen LogP contribution in [0, 0.1) is 0 Å². The van der Waals surface area contributed by atoms with Gasteiger partial charge in [0.15, 0.2) is 5.82 Å². The summed E-state index contributed by atoms with van der Waals surface area (Å²) >= 11 is 13.4. The van der Waals surface area contributed by atoms with Gasteiger partial charge >= 0.3 is 0 Å². The zero-order valence-electron chi connectivity index (χ0n) is 14.5. The van der Waals surface area contributed by atoms with E-state index < -0.39 is 0 Å². The lowest BCUT2D eigenvalue weighted by atomic mass is 10.2. The van der Waals surface area contributed by atoms with Crippen LogP contribution in [-0.2, 0) is 13.1 Å². The van der Waals surface area contributed by atoms with Gasteiger partial charge in [-0.05, 0) is 28.6 Å². The highest BCUT2D eigenvalue weighted by Gasteiger charge is 2.12. The summed E-state index contributed by atoms with van der Waals surface area (Å²) in [5.41, 5.74) is 1.95. The second kappa shape index (κ2) is 8.18. The molecule has 0 saturated carbocycles. The lowest BCUT2D eigenvalue weighted by Gasteiger charge is -2.04. The van der Waals surface area contributed by atoms with Gasteiger partial charge in [-0.2, -0.15) is 10.2 Å². The van der Waals surface area contributed by atoms with Crippen molar-refractivity contribution in [3.63, 3.8) is 0 Å². The maximum atomic E-state index is 12.5. The zero-order valence-corrected chi connectivity index (χ0v) is 16.9. The molecule has 0 radical (unpaired) electrons. The number of thiophene rings is 1. The Morgan fingerprint density at radius 3 is 2.79 bits per heavy atom. The van der Waals surface area contributed by atoms with E-state index in [0.717, 1.165) is 11.1 Å². The number of benzene rings is 1. The molecule has 1 amide bonds. The van der Waals surface area contributed by atoms with Crippen LogP contribution in [0.2, 0.25) is 10.0 Å². The van der Waals surface area contributed by atoms with Gasteiger partial charge in [0, 0.05) is 23.5 Å². The molecule has 0 atom stereocenters. The third-order valence-corrected chi connectivity index (χ3v) is 5.54. The second-order valence-electron chi connectivity index (χ2n) is 6.12. The van der Waals surface area contributed by atoms with E-state index in [1.54, 1.807) is 34.0 Å². The first kappa shape index (κ1) is 18.7. The largest absolute Gasteiger partial charge is 0.304 e. The van der Waals surface area contributed by atoms with Gasteiger partial charge in [0.2, 0.25) is 0 Å². The van der Waals surface area contributed by atoms with Crippen molar-refractivity contribution in [1.82, 2.24) is 19.6 Å². The number of rotatable bonds is 6. The molecule has 0 spiro atoms. The van der Waals surface area contributed by atoms with E-state index in [9.17, 15) is 4.79 Å². The molecule has 0 unspecified atom stereocenters. The Labute approximate surface area is 175 Å². The fraction of sp³-hybridized carbons (Fsp3) is 0.105. The molecular weight excluding hydrogens is 417 g/mol. The molecule has 6 nitrogen and oxygen atoms in total. The Hall–Kier alpha value is -2.61. The van der Waals surface area contributed by atoms with Gasteiger partial charge in [0.1, 0.15) is 0 Å². The first-order chi connectivity index (χ1) is 13.6. The highest BCUT2D eigenvalue weighted by Crippen LogP contribution is 2.19. The Kier molecular flexibility index (Phi) is 5.47. The number of halogens is 2. The number of amides is 1. The van der Waals surface area contributed by atoms with Crippen LogP contribution in [0.3, 0.4) is 0 Å². The Morgan fingerprint density at radius 2 is 2.00 bits per heavy atom. The molecule has 0 saturated heterocycles. The number of nitrogens with one attached hydrogen (secondary N) is 1. The zero-order chi connectivity index (χ0) is 19.5. The normalized spacial score (nSPS) is 10.9. The summed E-state index contributed by atoms with van der Waals surface area (Å²) in [6.07, 6.45) is 5.13. The van der Waals surface area contributed by atoms with Crippen LogP contribution >= 0.6 is 34.5 Å². The van der Waals surface area contributed by atoms with Gasteiger partial charge < -0.3 is 5.32 Å². The van der Waals surface area contributed by atoms with Crippen molar-refractivity contribution >= 4 is 46.3 Å². The van der Waals surface area contributed by atoms with Crippen LogP contribution in [0.5, 0.6) is 0 Å². The minimum Gasteiger partial charge on any atom is -0.304 e. The van der Waals surface area contributed by atoms with Gasteiger partial charge in [-0.15, -0.1) is 11.3 Å². The van der Waals surface area contributed by atoms with Crippen molar-refractivity contribution in [3.05, 3.63) is 86.4 Å². The topological polar surface area (TPSA) is 64.7 Å². The van der Waals surface area contributed by atoms with Crippen LogP contribution in [0.25, 0.3) is 0 Å². The van der Waals surface area contributed by atoms with Gasteiger partial charge in [-0.3, -0.25) is 14.2 Å². The fourth-order valence-electron chi connectivity index (χ4n) is 2.68. The lowest BCUT2D eigenvalue weighted by molar-refractivity contribution is 0.103. The number of aromatic nitrogens is 4. The molecule has 28 heavy (non-hydrogen) atoms. The van der Waals surface area contributed by atoms with Crippen molar-refractivity contribution in [2.75, 3.05) is 5.32 Å². The molecule has 1 aromatic carbocycles. The summed E-state index contributed by atoms with van der Waals surface area (Å²) in [6.45, 7) is 1.09. The van der Waals surface area contributed by atoms with E-state index in [0.29, 0.717) is 33.8 Å². The molecule has 1 N–H and O–H groups in total. The number of carbonyl (C=O) groups excluding carboxylic acids is 1. The van der Waals surface area contributed by atoms with E-state index in [2.05, 4.69) is 15.5 Å². The Morgan fingerprint density at radius 1 is 1.14 bits per heavy atom. The molecule has 142 valence electrons. The molecule has 3 heterocycles. The molecule has 0 aliphatic heterocycles. The summed E-state index contributed by atoms with van der Waals surface area (Å²) in [5.74, 6) is 0.295. The van der Waals surface area contributed by atoms with Crippen molar-refractivity contribution in [2.24, 2.45) is 0 Å². The average molecular weight is 432 g/mol. The maximum absolute atomic E-state index is 12.5. The standard InChI is InChI=1S/C19H15Cl2N5OS/c20-15-8-22-26(11-15)9-13-7-17(28-12-13)19(27)23-18-5-6-25(24-18)10-14-3-1-2-4-16(14)21/h1-8,11-12H,9-10H2,(H,23,24,27). The van der Waals surface area contributed by atoms with Crippen LogP contribution in [0.15, 0.2) is 60.4 Å². The minimum absolute atomic E-state index is 0.197. The first-order valence-electron chi connectivity index (χ1n) is 8.40. The predicted octanol–water partition coefficient (Wildman–Crippen LogP) is 4.80. The van der Waals surface area contributed by atoms with Crippen molar-refractivity contribution in [1.29, 1.82) is 0 Å². The second-order valence-corrected chi connectivity index (χ2v) is 7.87. The monoisotopic (exact) mass is 431 g/mol. The Balaban J connectivity index is 1.39. The molecule has 0 bridgehead atoms. The van der Waals surface area contributed by atoms with E-state index in [4.69, 9.17) is 23.2 Å². The van der Waals surface area contributed by atoms with Crippen LogP contribution in [0.4, 0.5) is 5.82 Å². The number of anilines is 1. The molecule has 4 rings (SSSR count). The summed E-state index contributed by atoms with van der Waals surface area (Å²) < 4.78 is 3.46. The summed E-state index contributed by atoms with van der Waals surface area (Å²) in [6, 6.07) is 11.2. The number of hydrogen-bond donors (Lipinski definition) is 1. The fourth-order valence-corrected chi connectivity index (χ4v) is 3.84. The quantitative estimate of drug-likeness (QED) is 0.476. The van der Waals surface area contributed by atoms with Gasteiger partial charge in [0.25, 0.3) is 5.91 Å². The van der Waals surface area contributed by atoms with Crippen molar-refractivity contribution in [3.8, 4) is 0 Å². The number of nitrogens with zero attached hydrogens (tertiary/aromatic N) is 4. The van der Waals surface area contributed by atoms with Crippen molar-refractivity contribution in [2.45, 2.75) is 13.1 Å². The Bertz CT molecular complexity index is 1120. The van der Waals surface area contributed by atoms with E-state index in [-0.39, 0.29) is 5.91 Å². The average Bonchev–Trinajstić information content (AvgIpc) is 3.40. The SMILES string of the molecule is O=C(Nc1ccn(Cc2ccccc2Cl)n1)c1cc(Cn2cc(Cl)cn2)cs1. The lowest BCUT2D eigenvalue weighted by Crippen LogP contribution is -2.11. The van der Waals surface area contributed by atoms with Gasteiger partial charge in [0.05, 0.1) is 29.2 Å². The minimum atomic E-state index is -0.197. The van der Waals surface area contributed by atoms with E-state index in [1.165, 1.54) is 11.3 Å². The predicted molar refractivity (Wildman–Crippen MR) is 111 cm³/mol. The van der Waals surface area contributed by atoms with Crippen LogP contribution in [0.1, 0.15) is 20.8 Å². The van der Waals surface area contributed by atoms with Gasteiger partial charge in [-0.25, -0.2) is 0 Å². The maximum Gasteiger partial charge on any atom is 0.266 e. The molecule has 0 aliphatic rings. The summed E-state index contributed by atoms with van der Waals surface area (Å²) in [4.78, 5) is 13.1. The molecule has 9 heteroatoms. The van der Waals surface area contributed by atoms with E-state index >= 15 is 0 Å². The van der Waals surface area contributed by atoms with Crippen LogP contribution < -0.4 is 5.32 Å². The molecular formula is C19H15Cl2N5OS. The molecule has 0 fully saturated rings. The van der Waals surface area contributed by atoms with Crippen LogP contribution in [-0.4, -0.2) is 25.5 Å². The third-order valence-electron chi connectivity index (χ3n) is 4.00. The summed E-state index contributed by atoms with van der Waals surface area (Å²) in [5, 5.41) is 14.6. The smallest absolute Gasteiger partial charge is 0.266 e. The van der Waals surface area contributed by atoms with Crippen molar-refractivity contribution < 1.29 is 4.79 Å². The first-order valence-corrected chi connectivity index (χ1v) is 10.0. The van der Waals surface area contributed by atoms with E-state index in [1.807, 2.05) is 35.7 Å². The van der Waals surface area contributed by atoms with Gasteiger partial charge in [-0.1, -0.05) is 41.4 Å². The molecule has 3 aromatic heterocycles. The third kappa shape index (κ3) is 4.44. The summed E-state index contributed by atoms with van der Waals surface area (Å²) in [7, 11) is 0. The number of carbonyl (C=O) groups is 1.